The first kappa shape index (κ1) is 8.62. The second kappa shape index (κ2) is 2.77. The van der Waals surface area contributed by atoms with Crippen molar-refractivity contribution in [1.29, 1.82) is 0 Å². The fourth-order valence-electron chi connectivity index (χ4n) is 1.43. The van der Waals surface area contributed by atoms with Gasteiger partial charge in [0.25, 0.3) is 5.56 Å². The number of phenols is 2. The molecular weight excluding hydrogens is 182 g/mol. The lowest BCUT2D eigenvalue weighted by Crippen LogP contribution is -2.15. The summed E-state index contributed by atoms with van der Waals surface area (Å²) in [7, 11) is 1.61. The Morgan fingerprint density at radius 1 is 1.29 bits per heavy atom. The number of pyridine rings is 1. The minimum atomic E-state index is -0.278. The fourth-order valence-corrected chi connectivity index (χ4v) is 1.43. The summed E-state index contributed by atoms with van der Waals surface area (Å²) in [6, 6.07) is 4.26. The summed E-state index contributed by atoms with van der Waals surface area (Å²) in [5, 5.41) is 19.4. The zero-order valence-corrected chi connectivity index (χ0v) is 7.56. The minimum Gasteiger partial charge on any atom is -0.508 e. The van der Waals surface area contributed by atoms with Gasteiger partial charge in [-0.25, -0.2) is 0 Å². The summed E-state index contributed by atoms with van der Waals surface area (Å²) < 4.78 is 1.37. The molecule has 0 saturated carbocycles. The van der Waals surface area contributed by atoms with Gasteiger partial charge in [0.15, 0.2) is 0 Å². The molecule has 0 amide bonds. The number of aryl methyl sites for hydroxylation is 1. The van der Waals surface area contributed by atoms with E-state index in [9.17, 15) is 15.0 Å². The van der Waals surface area contributed by atoms with E-state index >= 15 is 0 Å². The molecule has 0 aliphatic carbocycles. The number of phenolic OH excluding ortho intramolecular Hbond substituents is 2. The fraction of sp³-hybridized carbons (Fsp3) is 0.100. The van der Waals surface area contributed by atoms with Gasteiger partial charge in [-0.15, -0.1) is 0 Å². The molecule has 4 heteroatoms. The quantitative estimate of drug-likeness (QED) is 0.651. The number of benzene rings is 1. The second-order valence-electron chi connectivity index (χ2n) is 3.16. The van der Waals surface area contributed by atoms with E-state index < -0.39 is 0 Å². The van der Waals surface area contributed by atoms with E-state index in [2.05, 4.69) is 0 Å². The molecule has 0 aliphatic rings. The van der Waals surface area contributed by atoms with Gasteiger partial charge in [-0.3, -0.25) is 4.79 Å². The Kier molecular flexibility index (Phi) is 1.70. The molecule has 2 aromatic rings. The SMILES string of the molecule is Cn1ccc2cc(O)cc(O)c2c1=O. The van der Waals surface area contributed by atoms with Crippen LogP contribution >= 0.6 is 0 Å². The van der Waals surface area contributed by atoms with Crippen LogP contribution in [0.4, 0.5) is 0 Å². The lowest BCUT2D eigenvalue weighted by atomic mass is 10.1. The van der Waals surface area contributed by atoms with Crippen molar-refractivity contribution in [3.63, 3.8) is 0 Å². The van der Waals surface area contributed by atoms with Gasteiger partial charge in [-0.05, 0) is 17.5 Å². The van der Waals surface area contributed by atoms with E-state index in [1.54, 1.807) is 19.3 Å². The van der Waals surface area contributed by atoms with Gasteiger partial charge in [0.2, 0.25) is 0 Å². The van der Waals surface area contributed by atoms with E-state index in [1.165, 1.54) is 10.6 Å². The van der Waals surface area contributed by atoms with Gasteiger partial charge in [0, 0.05) is 19.3 Å². The van der Waals surface area contributed by atoms with Gasteiger partial charge in [0.05, 0.1) is 5.39 Å². The van der Waals surface area contributed by atoms with Crippen molar-refractivity contribution in [2.75, 3.05) is 0 Å². The van der Waals surface area contributed by atoms with Crippen molar-refractivity contribution in [3.8, 4) is 11.5 Å². The van der Waals surface area contributed by atoms with Crippen LogP contribution < -0.4 is 5.56 Å². The van der Waals surface area contributed by atoms with Crippen molar-refractivity contribution in [2.24, 2.45) is 7.05 Å². The number of fused-ring (bicyclic) bond motifs is 1. The smallest absolute Gasteiger partial charge is 0.261 e. The number of hydrogen-bond donors (Lipinski definition) is 2. The van der Waals surface area contributed by atoms with Crippen LogP contribution in [0.5, 0.6) is 11.5 Å². The number of nitrogens with zero attached hydrogens (tertiary/aromatic N) is 1. The summed E-state index contributed by atoms with van der Waals surface area (Å²) >= 11 is 0. The number of rotatable bonds is 0. The molecule has 0 bridgehead atoms. The summed E-state index contributed by atoms with van der Waals surface area (Å²) in [6.45, 7) is 0. The first-order valence-corrected chi connectivity index (χ1v) is 4.11. The van der Waals surface area contributed by atoms with Crippen molar-refractivity contribution in [2.45, 2.75) is 0 Å². The van der Waals surface area contributed by atoms with Crippen molar-refractivity contribution >= 4 is 10.8 Å². The molecule has 0 aliphatic heterocycles. The summed E-state index contributed by atoms with van der Waals surface area (Å²) in [5.41, 5.74) is -0.278. The highest BCUT2D eigenvalue weighted by Gasteiger charge is 2.06. The van der Waals surface area contributed by atoms with Gasteiger partial charge < -0.3 is 14.8 Å². The third-order valence-corrected chi connectivity index (χ3v) is 2.14. The van der Waals surface area contributed by atoms with Crippen molar-refractivity contribution in [3.05, 3.63) is 34.7 Å². The van der Waals surface area contributed by atoms with Gasteiger partial charge in [-0.1, -0.05) is 0 Å². The van der Waals surface area contributed by atoms with Crippen LogP contribution in [0.1, 0.15) is 0 Å². The molecule has 2 rings (SSSR count). The van der Waals surface area contributed by atoms with Crippen LogP contribution in [0.25, 0.3) is 10.8 Å². The minimum absolute atomic E-state index is 0.0525. The molecule has 0 atom stereocenters. The van der Waals surface area contributed by atoms with E-state index in [4.69, 9.17) is 0 Å². The molecule has 14 heavy (non-hydrogen) atoms. The standard InChI is InChI=1S/C10H9NO3/c1-11-3-2-6-4-7(12)5-8(13)9(6)10(11)14/h2-5,12-13H,1H3. The van der Waals surface area contributed by atoms with Crippen LogP contribution in [0, 0.1) is 0 Å². The largest absolute Gasteiger partial charge is 0.508 e. The lowest BCUT2D eigenvalue weighted by Gasteiger charge is -2.03. The van der Waals surface area contributed by atoms with E-state index in [-0.39, 0.29) is 22.4 Å². The maximum atomic E-state index is 11.6. The number of aromatic hydroxyl groups is 2. The van der Waals surface area contributed by atoms with Crippen LogP contribution in [0.3, 0.4) is 0 Å². The Balaban J connectivity index is 3.03. The van der Waals surface area contributed by atoms with E-state index in [1.807, 2.05) is 0 Å². The predicted octanol–water partition coefficient (Wildman–Crippen LogP) is 0.950. The number of aromatic nitrogens is 1. The molecule has 0 radical (unpaired) electrons. The van der Waals surface area contributed by atoms with Gasteiger partial charge in [-0.2, -0.15) is 0 Å². The number of hydrogen-bond acceptors (Lipinski definition) is 3. The average molecular weight is 191 g/mol. The van der Waals surface area contributed by atoms with E-state index in [0.717, 1.165) is 6.07 Å². The molecule has 0 spiro atoms. The summed E-state index contributed by atoms with van der Waals surface area (Å²) in [4.78, 5) is 11.6. The maximum absolute atomic E-state index is 11.6. The Morgan fingerprint density at radius 3 is 2.71 bits per heavy atom. The Labute approximate surface area is 79.7 Å². The first-order valence-electron chi connectivity index (χ1n) is 4.11. The second-order valence-corrected chi connectivity index (χ2v) is 3.16. The molecule has 0 fully saturated rings. The third kappa shape index (κ3) is 1.12. The molecule has 1 heterocycles. The topological polar surface area (TPSA) is 62.5 Å². The third-order valence-electron chi connectivity index (χ3n) is 2.14. The molecule has 1 aromatic heterocycles. The van der Waals surface area contributed by atoms with Crippen LogP contribution in [0.2, 0.25) is 0 Å². The van der Waals surface area contributed by atoms with Crippen LogP contribution in [-0.4, -0.2) is 14.8 Å². The molecular formula is C10H9NO3. The van der Waals surface area contributed by atoms with Gasteiger partial charge in [0.1, 0.15) is 11.5 Å². The molecule has 1 aromatic carbocycles. The molecule has 2 N–H and O–H groups in total. The Morgan fingerprint density at radius 2 is 2.00 bits per heavy atom. The highest BCUT2D eigenvalue weighted by atomic mass is 16.3. The van der Waals surface area contributed by atoms with E-state index in [0.29, 0.717) is 5.39 Å². The van der Waals surface area contributed by atoms with Crippen LogP contribution in [0.15, 0.2) is 29.2 Å². The zero-order chi connectivity index (χ0) is 10.3. The predicted molar refractivity (Wildman–Crippen MR) is 52.5 cm³/mol. The Bertz CT molecular complexity index is 557. The maximum Gasteiger partial charge on any atom is 0.261 e. The van der Waals surface area contributed by atoms with Gasteiger partial charge >= 0.3 is 0 Å². The molecule has 72 valence electrons. The summed E-state index contributed by atoms with van der Waals surface area (Å²) in [6.07, 6.45) is 1.59. The van der Waals surface area contributed by atoms with Crippen LogP contribution in [-0.2, 0) is 7.05 Å². The highest BCUT2D eigenvalue weighted by molar-refractivity contribution is 5.88. The Hall–Kier alpha value is -1.97. The first-order chi connectivity index (χ1) is 6.59. The monoisotopic (exact) mass is 191 g/mol. The van der Waals surface area contributed by atoms with Crippen molar-refractivity contribution in [1.82, 2.24) is 4.57 Å². The van der Waals surface area contributed by atoms with Crippen molar-refractivity contribution < 1.29 is 10.2 Å². The summed E-state index contributed by atoms with van der Waals surface area (Å²) in [5.74, 6) is -0.246. The lowest BCUT2D eigenvalue weighted by molar-refractivity contribution is 0.454. The molecule has 0 unspecified atom stereocenters. The molecule has 4 nitrogen and oxygen atoms in total. The average Bonchev–Trinajstić information content (AvgIpc) is 2.10. The molecule has 0 saturated heterocycles. The highest BCUT2D eigenvalue weighted by Crippen LogP contribution is 2.26. The normalized spacial score (nSPS) is 10.6. The zero-order valence-electron chi connectivity index (χ0n) is 7.56.